The van der Waals surface area contributed by atoms with Crippen molar-refractivity contribution in [3.05, 3.63) is 47.6 Å². The van der Waals surface area contributed by atoms with Crippen molar-refractivity contribution in [3.8, 4) is 0 Å². The zero-order valence-electron chi connectivity index (χ0n) is 35.9. The van der Waals surface area contributed by atoms with Gasteiger partial charge in [0.05, 0.1) is 35.9 Å². The summed E-state index contributed by atoms with van der Waals surface area (Å²) in [6, 6.07) is 0. The molecule has 4 rings (SSSR count). The number of allylic oxidation sites excluding steroid dienone is 4. The minimum atomic E-state index is -0.752. The van der Waals surface area contributed by atoms with E-state index in [4.69, 9.17) is 9.47 Å². The Balaban J connectivity index is 1.15. The molecule has 314 valence electrons. The number of ether oxygens (including phenoxy) is 2. The van der Waals surface area contributed by atoms with Crippen LogP contribution >= 0.6 is 0 Å². The summed E-state index contributed by atoms with van der Waals surface area (Å²) in [6.07, 6.45) is 20.5. The molecule has 3 N–H and O–H groups in total. The van der Waals surface area contributed by atoms with Gasteiger partial charge < -0.3 is 25.2 Å². The van der Waals surface area contributed by atoms with Crippen molar-refractivity contribution in [1.29, 1.82) is 0 Å². The summed E-state index contributed by atoms with van der Waals surface area (Å²) in [7, 11) is 0. The first-order chi connectivity index (χ1) is 26.2. The monoisotopic (exact) mass is 780 g/mol. The van der Waals surface area contributed by atoms with Gasteiger partial charge >= 0.3 is 0 Å². The van der Waals surface area contributed by atoms with Crippen molar-refractivity contribution in [2.75, 3.05) is 26.3 Å². The predicted molar refractivity (Wildman–Crippen MR) is 221 cm³/mol. The summed E-state index contributed by atoms with van der Waals surface area (Å²) in [6.45, 7) is 21.9. The molecule has 3 unspecified atom stereocenters. The highest BCUT2D eigenvalue weighted by Crippen LogP contribution is 2.60. The van der Waals surface area contributed by atoms with E-state index in [0.717, 1.165) is 49.3 Å². The lowest BCUT2D eigenvalue weighted by atomic mass is 9.60. The van der Waals surface area contributed by atoms with Gasteiger partial charge in [-0.25, -0.2) is 0 Å². The minimum absolute atomic E-state index is 0.00231. The molecule has 3 fully saturated rings. The number of aliphatic hydroxyl groups is 1. The van der Waals surface area contributed by atoms with Crippen molar-refractivity contribution in [2.45, 2.75) is 168 Å². The van der Waals surface area contributed by atoms with E-state index in [1.165, 1.54) is 61.8 Å². The van der Waals surface area contributed by atoms with Crippen LogP contribution in [-0.4, -0.2) is 82.8 Å². The van der Waals surface area contributed by atoms with Gasteiger partial charge in [-0.15, -0.1) is 0 Å². The van der Waals surface area contributed by atoms with E-state index in [1.807, 2.05) is 41.5 Å². The lowest BCUT2D eigenvalue weighted by Gasteiger charge is -2.44. The molecule has 10 heteroatoms. The van der Waals surface area contributed by atoms with E-state index in [9.17, 15) is 24.3 Å². The quantitative estimate of drug-likeness (QED) is 0.0854. The maximum absolute atomic E-state index is 12.8. The van der Waals surface area contributed by atoms with Gasteiger partial charge in [0.25, 0.3) is 11.8 Å². The molecule has 56 heavy (non-hydrogen) atoms. The largest absolute Gasteiger partial charge is 0.390 e. The molecule has 0 spiro atoms. The number of fused-ring (bicyclic) bond motifs is 1. The highest BCUT2D eigenvalue weighted by atomic mass is 16.5. The fourth-order valence-corrected chi connectivity index (χ4v) is 9.56. The smallest absolute Gasteiger partial charge is 0.253 e. The Hall–Kier alpha value is -3.08. The number of rotatable bonds is 20. The maximum Gasteiger partial charge on any atom is 0.253 e. The fraction of sp³-hybridized carbons (Fsp3) is 0.739. The van der Waals surface area contributed by atoms with Crippen LogP contribution in [-0.2, 0) is 28.7 Å². The van der Waals surface area contributed by atoms with Crippen LogP contribution in [0.25, 0.3) is 0 Å². The Morgan fingerprint density at radius 3 is 2.45 bits per heavy atom. The fourth-order valence-electron chi connectivity index (χ4n) is 9.56. The number of carbonyl (C=O) groups excluding carboxylic acids is 4. The molecule has 0 aromatic heterocycles. The first-order valence-corrected chi connectivity index (χ1v) is 21.3. The van der Waals surface area contributed by atoms with Crippen molar-refractivity contribution < 1.29 is 33.8 Å². The van der Waals surface area contributed by atoms with Crippen molar-refractivity contribution in [1.82, 2.24) is 15.5 Å². The minimum Gasteiger partial charge on any atom is -0.390 e. The van der Waals surface area contributed by atoms with Crippen LogP contribution in [0.2, 0.25) is 0 Å². The molecule has 4 aliphatic rings. The van der Waals surface area contributed by atoms with Crippen LogP contribution in [0.1, 0.15) is 145 Å². The molecule has 0 aromatic carbocycles. The zero-order valence-corrected chi connectivity index (χ0v) is 35.9. The van der Waals surface area contributed by atoms with Crippen LogP contribution in [0.15, 0.2) is 47.6 Å². The molecule has 4 amide bonds. The van der Waals surface area contributed by atoms with E-state index in [2.05, 4.69) is 43.2 Å². The van der Waals surface area contributed by atoms with Crippen LogP contribution in [0.4, 0.5) is 0 Å². The summed E-state index contributed by atoms with van der Waals surface area (Å²) in [5.74, 6) is 0.860. The zero-order chi connectivity index (χ0) is 41.3. The molecular formula is C46H73N3O7. The Labute approximate surface area is 337 Å². The molecule has 10 nitrogen and oxygen atoms in total. The third-order valence-electron chi connectivity index (χ3n) is 12.7. The highest BCUT2D eigenvalue weighted by molar-refractivity contribution is 6.13. The van der Waals surface area contributed by atoms with Crippen molar-refractivity contribution >= 4 is 23.6 Å². The lowest BCUT2D eigenvalue weighted by Crippen LogP contribution is -2.50. The summed E-state index contributed by atoms with van der Waals surface area (Å²) in [5.41, 5.74) is 2.46. The second-order valence-electron chi connectivity index (χ2n) is 19.3. The Morgan fingerprint density at radius 1 is 1.04 bits per heavy atom. The number of nitrogens with one attached hydrogen (secondary N) is 2. The van der Waals surface area contributed by atoms with E-state index in [1.54, 1.807) is 5.57 Å². The number of imide groups is 1. The molecule has 0 aromatic rings. The third-order valence-corrected chi connectivity index (χ3v) is 12.7. The second kappa shape index (κ2) is 19.6. The summed E-state index contributed by atoms with van der Waals surface area (Å²) >= 11 is 0. The maximum atomic E-state index is 12.8. The van der Waals surface area contributed by atoms with Gasteiger partial charge in [0.1, 0.15) is 0 Å². The average Bonchev–Trinajstić information content (AvgIpc) is 3.62. The standard InChI is InChI=1S/C46H73N3O7/c1-32-15-18-36(29-35(32)17-16-34-14-11-25-46(9)37(19-20-38(34)46)33(2)13-10-24-44(5,6)54)55-28-12-26-47-40(51)30-45(7,8)56-31-43(3,4)48-39(50)23-27-49-41(52)21-22-42(49)53/h16-17,21-22,33,36-38,54H,1,10-15,18-20,23-31H2,2-9H3,(H,47,51)(H,48,50)/b34-16+,35-17-/t33-,36+,37?,38?,46?/m1/s1. The van der Waals surface area contributed by atoms with Crippen LogP contribution < -0.4 is 10.6 Å². The third kappa shape index (κ3) is 13.5. The van der Waals surface area contributed by atoms with Gasteiger partial charge in [-0.05, 0) is 134 Å². The van der Waals surface area contributed by atoms with Gasteiger partial charge in [-0.2, -0.15) is 0 Å². The normalized spacial score (nSPS) is 26.6. The average molecular weight is 780 g/mol. The van der Waals surface area contributed by atoms with Crippen LogP contribution in [0.5, 0.6) is 0 Å². The Morgan fingerprint density at radius 2 is 1.75 bits per heavy atom. The topological polar surface area (TPSA) is 134 Å². The SMILES string of the molecule is C=C1CC[C@H](OCCCNC(=O)CC(C)(C)OCC(C)(C)NC(=O)CCN2C(=O)C=CC2=O)C/C1=C/C=C1\CCCC2(C)C1CCC2[C@H](C)CCCC(C)(C)O. The van der Waals surface area contributed by atoms with E-state index in [-0.39, 0.29) is 43.9 Å². The molecule has 5 atom stereocenters. The molecule has 0 bridgehead atoms. The Bertz CT molecular complexity index is 1500. The lowest BCUT2D eigenvalue weighted by molar-refractivity contribution is -0.138. The van der Waals surface area contributed by atoms with Crippen LogP contribution in [0.3, 0.4) is 0 Å². The van der Waals surface area contributed by atoms with Gasteiger partial charge in [0.2, 0.25) is 11.8 Å². The summed E-state index contributed by atoms with van der Waals surface area (Å²) in [5, 5.41) is 16.1. The van der Waals surface area contributed by atoms with Crippen LogP contribution in [0, 0.1) is 23.2 Å². The number of amides is 4. The first kappa shape index (κ1) is 45.6. The van der Waals surface area contributed by atoms with Crippen molar-refractivity contribution in [3.63, 3.8) is 0 Å². The van der Waals surface area contributed by atoms with Crippen molar-refractivity contribution in [2.24, 2.45) is 23.2 Å². The second-order valence-corrected chi connectivity index (χ2v) is 19.3. The number of nitrogens with zero attached hydrogens (tertiary/aromatic N) is 1. The molecule has 1 aliphatic heterocycles. The number of hydrogen-bond acceptors (Lipinski definition) is 7. The van der Waals surface area contributed by atoms with E-state index in [0.29, 0.717) is 30.4 Å². The van der Waals surface area contributed by atoms with E-state index >= 15 is 0 Å². The summed E-state index contributed by atoms with van der Waals surface area (Å²) < 4.78 is 12.4. The molecule has 3 aliphatic carbocycles. The molecular weight excluding hydrogens is 707 g/mol. The molecule has 1 heterocycles. The predicted octanol–water partition coefficient (Wildman–Crippen LogP) is 7.66. The first-order valence-electron chi connectivity index (χ1n) is 21.3. The van der Waals surface area contributed by atoms with E-state index < -0.39 is 28.6 Å². The van der Waals surface area contributed by atoms with Gasteiger partial charge in [0, 0.05) is 38.3 Å². The Kier molecular flexibility index (Phi) is 15.9. The number of carbonyl (C=O) groups is 4. The molecule has 0 saturated heterocycles. The summed E-state index contributed by atoms with van der Waals surface area (Å²) in [4.78, 5) is 49.8. The van der Waals surface area contributed by atoms with Gasteiger partial charge in [0.15, 0.2) is 0 Å². The van der Waals surface area contributed by atoms with Gasteiger partial charge in [-0.3, -0.25) is 24.1 Å². The molecule has 0 radical (unpaired) electrons. The highest BCUT2D eigenvalue weighted by Gasteiger charge is 2.50. The molecule has 3 saturated carbocycles. The van der Waals surface area contributed by atoms with Gasteiger partial charge in [-0.1, -0.05) is 56.6 Å². The number of hydrogen-bond donors (Lipinski definition) is 3.